The Kier molecular flexibility index (Phi) is 8.39. The molecule has 2 N–H and O–H groups in total. The van der Waals surface area contributed by atoms with Crippen molar-refractivity contribution in [1.82, 2.24) is 20.0 Å². The predicted octanol–water partition coefficient (Wildman–Crippen LogP) is 1.50. The summed E-state index contributed by atoms with van der Waals surface area (Å²) in [6.07, 6.45) is 0. The van der Waals surface area contributed by atoms with Crippen LogP contribution in [0.5, 0.6) is 0 Å². The number of nitrogens with one attached hydrogen (secondary N) is 2. The quantitative estimate of drug-likeness (QED) is 0.866. The minimum Gasteiger partial charge on any atom is -0.322 e. The van der Waals surface area contributed by atoms with Gasteiger partial charge in [0.2, 0.25) is 5.91 Å². The molecule has 0 bridgehead atoms. The topological polar surface area (TPSA) is 62.2 Å². The lowest BCUT2D eigenvalue weighted by atomic mass is 10.1. The fourth-order valence-corrected chi connectivity index (χ4v) is 2.91. The Bertz CT molecular complexity index is 496. The average Bonchev–Trinajstić information content (AvgIpc) is 2.54. The first kappa shape index (κ1) is 21.2. The third kappa shape index (κ3) is 5.12. The van der Waals surface area contributed by atoms with E-state index >= 15 is 0 Å². The number of aryl methyl sites for hydroxylation is 2. The predicted molar refractivity (Wildman–Crippen MR) is 94.3 cm³/mol. The highest BCUT2D eigenvalue weighted by Crippen LogP contribution is 2.18. The first-order valence-corrected chi connectivity index (χ1v) is 7.15. The lowest BCUT2D eigenvalue weighted by molar-refractivity contribution is -0.117. The summed E-state index contributed by atoms with van der Waals surface area (Å²) in [7, 11) is 1.89. The van der Waals surface area contributed by atoms with Crippen LogP contribution in [0.1, 0.15) is 25.2 Å². The van der Waals surface area contributed by atoms with E-state index in [0.29, 0.717) is 18.6 Å². The van der Waals surface area contributed by atoms with Crippen molar-refractivity contribution >= 4 is 36.4 Å². The summed E-state index contributed by atoms with van der Waals surface area (Å²) in [5.74, 6) is 0.0329. The highest BCUT2D eigenvalue weighted by molar-refractivity contribution is 5.93. The van der Waals surface area contributed by atoms with Crippen LogP contribution in [0.4, 0.5) is 5.69 Å². The molecule has 128 valence electrons. The molecule has 1 fully saturated rings. The molecule has 2 rings (SSSR count). The molecule has 1 aromatic rings. The molecule has 2 heterocycles. The number of piperazine rings is 1. The number of aromatic nitrogens is 2. The van der Waals surface area contributed by atoms with Crippen LogP contribution in [0.15, 0.2) is 0 Å². The molecular weight excluding hydrogens is 325 g/mol. The third-order valence-corrected chi connectivity index (χ3v) is 3.77. The molecule has 8 heteroatoms. The second kappa shape index (κ2) is 8.72. The maximum Gasteiger partial charge on any atom is 0.238 e. The molecule has 1 aliphatic heterocycles. The van der Waals surface area contributed by atoms with Gasteiger partial charge in [-0.15, -0.1) is 24.8 Å². The fraction of sp³-hybridized carbons (Fsp3) is 0.714. The summed E-state index contributed by atoms with van der Waals surface area (Å²) in [5, 5.41) is 10.8. The highest BCUT2D eigenvalue weighted by atomic mass is 35.5. The van der Waals surface area contributed by atoms with Crippen LogP contribution in [-0.4, -0.2) is 52.3 Å². The number of carbonyl (C=O) groups excluding carboxylic acids is 1. The fourth-order valence-electron chi connectivity index (χ4n) is 2.91. The van der Waals surface area contributed by atoms with E-state index in [2.05, 4.69) is 34.5 Å². The van der Waals surface area contributed by atoms with Gasteiger partial charge in [-0.05, 0) is 27.7 Å². The summed E-state index contributed by atoms with van der Waals surface area (Å²) in [6.45, 7) is 10.4. The van der Waals surface area contributed by atoms with Gasteiger partial charge in [-0.1, -0.05) is 0 Å². The molecule has 0 aliphatic carbocycles. The molecule has 2 unspecified atom stereocenters. The van der Waals surface area contributed by atoms with Crippen LogP contribution < -0.4 is 10.6 Å². The van der Waals surface area contributed by atoms with Crippen molar-refractivity contribution in [2.75, 3.05) is 25.0 Å². The Morgan fingerprint density at radius 3 is 2.27 bits per heavy atom. The molecule has 2 atom stereocenters. The SMILES string of the molecule is Cc1nn(C)c(C)c1NC(=O)CN1CC(C)NC(C)C1.Cl.Cl. The normalized spacial score (nSPS) is 21.7. The molecule has 1 aromatic heterocycles. The van der Waals surface area contributed by atoms with Crippen LogP contribution in [0.3, 0.4) is 0 Å². The molecule has 1 amide bonds. The number of hydrogen-bond acceptors (Lipinski definition) is 4. The highest BCUT2D eigenvalue weighted by Gasteiger charge is 2.23. The van der Waals surface area contributed by atoms with Gasteiger partial charge in [0, 0.05) is 32.2 Å². The van der Waals surface area contributed by atoms with Gasteiger partial charge in [0.05, 0.1) is 23.6 Å². The number of nitrogens with zero attached hydrogens (tertiary/aromatic N) is 3. The van der Waals surface area contributed by atoms with Gasteiger partial charge in [-0.3, -0.25) is 14.4 Å². The van der Waals surface area contributed by atoms with Crippen molar-refractivity contribution in [3.63, 3.8) is 0 Å². The van der Waals surface area contributed by atoms with Crippen molar-refractivity contribution in [2.45, 2.75) is 39.8 Å². The van der Waals surface area contributed by atoms with E-state index in [1.54, 1.807) is 4.68 Å². The number of anilines is 1. The number of amides is 1. The zero-order valence-electron chi connectivity index (χ0n) is 13.8. The van der Waals surface area contributed by atoms with Crippen LogP contribution in [-0.2, 0) is 11.8 Å². The molecule has 1 aliphatic rings. The summed E-state index contributed by atoms with van der Waals surface area (Å²) in [4.78, 5) is 14.4. The number of halogens is 2. The molecular formula is C14H27Cl2N5O. The van der Waals surface area contributed by atoms with Gasteiger partial charge in [-0.2, -0.15) is 5.10 Å². The van der Waals surface area contributed by atoms with Crippen molar-refractivity contribution in [2.24, 2.45) is 7.05 Å². The molecule has 0 radical (unpaired) electrons. The van der Waals surface area contributed by atoms with E-state index in [1.807, 2.05) is 20.9 Å². The number of hydrogen-bond donors (Lipinski definition) is 2. The third-order valence-electron chi connectivity index (χ3n) is 3.77. The van der Waals surface area contributed by atoms with Gasteiger partial charge in [-0.25, -0.2) is 0 Å². The zero-order chi connectivity index (χ0) is 14.9. The Labute approximate surface area is 144 Å². The lowest BCUT2D eigenvalue weighted by Crippen LogP contribution is -2.55. The molecule has 22 heavy (non-hydrogen) atoms. The van der Waals surface area contributed by atoms with E-state index < -0.39 is 0 Å². The summed E-state index contributed by atoms with van der Waals surface area (Å²) >= 11 is 0. The number of rotatable bonds is 3. The minimum absolute atomic E-state index is 0. The summed E-state index contributed by atoms with van der Waals surface area (Å²) in [6, 6.07) is 0.849. The molecule has 1 saturated heterocycles. The second-order valence-corrected chi connectivity index (χ2v) is 5.88. The van der Waals surface area contributed by atoms with E-state index in [-0.39, 0.29) is 30.7 Å². The Balaban J connectivity index is 0.00000220. The smallest absolute Gasteiger partial charge is 0.238 e. The van der Waals surface area contributed by atoms with Crippen LogP contribution in [0, 0.1) is 13.8 Å². The maximum absolute atomic E-state index is 12.2. The van der Waals surface area contributed by atoms with Gasteiger partial charge >= 0.3 is 0 Å². The van der Waals surface area contributed by atoms with E-state index in [1.165, 1.54) is 0 Å². The van der Waals surface area contributed by atoms with Crippen LogP contribution >= 0.6 is 24.8 Å². The monoisotopic (exact) mass is 351 g/mol. The summed E-state index contributed by atoms with van der Waals surface area (Å²) in [5.41, 5.74) is 2.69. The van der Waals surface area contributed by atoms with E-state index in [0.717, 1.165) is 30.2 Å². The lowest BCUT2D eigenvalue weighted by Gasteiger charge is -2.35. The molecule has 0 saturated carbocycles. The Morgan fingerprint density at radius 2 is 1.82 bits per heavy atom. The first-order chi connectivity index (χ1) is 9.36. The van der Waals surface area contributed by atoms with Gasteiger partial charge in [0.1, 0.15) is 0 Å². The summed E-state index contributed by atoms with van der Waals surface area (Å²) < 4.78 is 1.79. The average molecular weight is 352 g/mol. The van der Waals surface area contributed by atoms with Gasteiger partial charge < -0.3 is 10.6 Å². The number of carbonyl (C=O) groups is 1. The van der Waals surface area contributed by atoms with Crippen molar-refractivity contribution in [3.05, 3.63) is 11.4 Å². The Morgan fingerprint density at radius 1 is 1.27 bits per heavy atom. The minimum atomic E-state index is 0. The van der Waals surface area contributed by atoms with E-state index in [9.17, 15) is 4.79 Å². The zero-order valence-corrected chi connectivity index (χ0v) is 15.5. The van der Waals surface area contributed by atoms with Crippen molar-refractivity contribution in [1.29, 1.82) is 0 Å². The van der Waals surface area contributed by atoms with Crippen LogP contribution in [0.25, 0.3) is 0 Å². The van der Waals surface area contributed by atoms with Crippen LogP contribution in [0.2, 0.25) is 0 Å². The van der Waals surface area contributed by atoms with Crippen molar-refractivity contribution < 1.29 is 4.79 Å². The molecule has 0 spiro atoms. The van der Waals surface area contributed by atoms with Gasteiger partial charge in [0.25, 0.3) is 0 Å². The van der Waals surface area contributed by atoms with E-state index in [4.69, 9.17) is 0 Å². The molecule has 6 nitrogen and oxygen atoms in total. The standard InChI is InChI=1S/C14H25N5O.2ClH/c1-9-6-19(7-10(2)15-9)8-13(20)16-14-11(3)17-18(5)12(14)4;;/h9-10,15H,6-8H2,1-5H3,(H,16,20);2*1H. The largest absolute Gasteiger partial charge is 0.322 e. The van der Waals surface area contributed by atoms with Crippen molar-refractivity contribution in [3.8, 4) is 0 Å². The van der Waals surface area contributed by atoms with Gasteiger partial charge in [0.15, 0.2) is 0 Å². The second-order valence-electron chi connectivity index (χ2n) is 5.88. The first-order valence-electron chi connectivity index (χ1n) is 7.15. The molecule has 0 aromatic carbocycles. The Hall–Kier alpha value is -0.820. The maximum atomic E-state index is 12.2.